The van der Waals surface area contributed by atoms with Crippen molar-refractivity contribution in [2.75, 3.05) is 57.8 Å². The van der Waals surface area contributed by atoms with E-state index in [0.717, 1.165) is 102 Å². The molecule has 1 aromatic heterocycles. The quantitative estimate of drug-likeness (QED) is 0.0305. The first kappa shape index (κ1) is 73.2. The van der Waals surface area contributed by atoms with Gasteiger partial charge in [0, 0.05) is 97.4 Å². The van der Waals surface area contributed by atoms with Crippen LogP contribution in [0.2, 0.25) is 5.02 Å². The van der Waals surface area contributed by atoms with Gasteiger partial charge in [-0.05, 0) is 125 Å². The minimum absolute atomic E-state index is 0.00292. The van der Waals surface area contributed by atoms with Crippen LogP contribution in [-0.2, 0) is 24.9 Å². The van der Waals surface area contributed by atoms with E-state index < -0.39 is 0 Å². The lowest BCUT2D eigenvalue weighted by molar-refractivity contribution is -0.123. The minimum Gasteiger partial charge on any atom is -0.505 e. The number of hydrogen-bond acceptors (Lipinski definition) is 14. The van der Waals surface area contributed by atoms with Crippen molar-refractivity contribution in [1.82, 2.24) is 14.5 Å². The van der Waals surface area contributed by atoms with E-state index in [9.17, 15) is 14.4 Å². The summed E-state index contributed by atoms with van der Waals surface area (Å²) in [7, 11) is 4.45. The molecular formula is C61H91ClN6O9S2. The largest absolute Gasteiger partial charge is 0.505 e. The first-order chi connectivity index (χ1) is 38.1. The van der Waals surface area contributed by atoms with Crippen LogP contribution in [0.5, 0.6) is 11.5 Å². The maximum absolute atomic E-state index is 12.8. The number of aryl methyl sites for hydroxylation is 2. The Morgan fingerprint density at radius 2 is 1.56 bits per heavy atom. The first-order valence-corrected chi connectivity index (χ1v) is 29.1. The molecule has 0 saturated carbocycles. The zero-order valence-electron chi connectivity index (χ0n) is 49.2. The molecule has 5 aromatic rings. The van der Waals surface area contributed by atoms with Gasteiger partial charge in [-0.25, -0.2) is 4.31 Å². The molecule has 0 bridgehead atoms. The predicted molar refractivity (Wildman–Crippen MR) is 334 cm³/mol. The van der Waals surface area contributed by atoms with Crippen LogP contribution in [0.3, 0.4) is 0 Å². The van der Waals surface area contributed by atoms with Crippen molar-refractivity contribution in [2.24, 2.45) is 4.99 Å². The molecule has 1 atom stereocenters. The second-order valence-electron chi connectivity index (χ2n) is 18.2. The standard InChI is InChI=1S/C39H45N5O2S.C6H7ClOS.C6H11NO2.C3H8.2C2H6.CH2O2.CH4O.CH2O/c1-39(2)24-30(41-29-9-6-5-7-10-29)19-22-44(39)47-25-27-13-15-34(40-3)36(23-27)46-26-43-20-17-28(18-21-43)31-14-16-35-37-32(31)11-8-12-33(37)38(45)42(35)4;1-3-5(7)6(8)4(2)9-3;1-7-6(9)4-2-3-5-8;1-3-2;2*1-2;2-1-3;2*1-2/h5-16,23,28,30,41H,3,17-22,24-26H2,1-2,4H3;8H,1-2H3;5H,2-4H2,1H3,(H,7,9);3H2,1-2H3;2*1-2H3;1H,(H,2,3);2H,1H3;1H2. The molecule has 4 heterocycles. The van der Waals surface area contributed by atoms with E-state index in [1.807, 2.05) is 85.5 Å². The number of aldehydes is 1. The fourth-order valence-corrected chi connectivity index (χ4v) is 11.0. The van der Waals surface area contributed by atoms with Crippen LogP contribution in [0, 0.1) is 13.8 Å². The Hall–Kier alpha value is -5.82. The average molecular weight is 1150 g/mol. The number of nitrogens with one attached hydrogen (secondary N) is 2. The number of aliphatic imine (C=N–C) groups is 1. The molecule has 5 N–H and O–H groups in total. The van der Waals surface area contributed by atoms with Gasteiger partial charge in [-0.2, -0.15) is 0 Å². The van der Waals surface area contributed by atoms with E-state index in [2.05, 4.69) is 120 Å². The summed E-state index contributed by atoms with van der Waals surface area (Å²) in [6.07, 6.45) is 7.99. The van der Waals surface area contributed by atoms with Gasteiger partial charge in [0.15, 0.2) is 0 Å². The van der Waals surface area contributed by atoms with E-state index in [4.69, 9.17) is 41.2 Å². The molecule has 1 unspecified atom stereocenters. The number of aliphatic hydroxyl groups is 1. The Morgan fingerprint density at radius 1 is 0.937 bits per heavy atom. The third-order valence-corrected chi connectivity index (χ3v) is 15.4. The fourth-order valence-electron chi connectivity index (χ4n) is 8.73. The van der Waals surface area contributed by atoms with E-state index in [-0.39, 0.29) is 29.6 Å². The smallest absolute Gasteiger partial charge is 0.290 e. The molecule has 4 aromatic carbocycles. The second kappa shape index (κ2) is 41.2. The molecule has 0 aliphatic carbocycles. The van der Waals surface area contributed by atoms with Crippen LogP contribution < -0.4 is 20.3 Å². The number of rotatable bonds is 14. The Balaban J connectivity index is 0.00000156. The Morgan fingerprint density at radius 3 is 2.08 bits per heavy atom. The highest BCUT2D eigenvalue weighted by Gasteiger charge is 2.35. The second-order valence-corrected chi connectivity index (χ2v) is 21.0. The van der Waals surface area contributed by atoms with E-state index in [1.165, 1.54) is 40.0 Å². The highest BCUT2D eigenvalue weighted by molar-refractivity contribution is 7.96. The molecule has 3 aliphatic rings. The summed E-state index contributed by atoms with van der Waals surface area (Å²) in [5.41, 5.74) is 6.51. The van der Waals surface area contributed by atoms with Gasteiger partial charge in [-0.3, -0.25) is 24.3 Å². The molecule has 8 rings (SSSR count). The van der Waals surface area contributed by atoms with Crippen LogP contribution in [0.4, 0.5) is 17.1 Å². The number of thiophene rings is 1. The van der Waals surface area contributed by atoms with Crippen molar-refractivity contribution >= 4 is 101 Å². The number of carboxylic acid groups (broad SMARTS) is 1. The molecule has 2 fully saturated rings. The number of ether oxygens (including phenoxy) is 1. The zero-order valence-corrected chi connectivity index (χ0v) is 51.6. The summed E-state index contributed by atoms with van der Waals surface area (Å²) in [5.74, 6) is 2.47. The molecule has 18 heteroatoms. The Labute approximate surface area is 485 Å². The summed E-state index contributed by atoms with van der Waals surface area (Å²) >= 11 is 9.08. The minimum atomic E-state index is -0.250. The third kappa shape index (κ3) is 23.4. The number of piperidine rings is 2. The van der Waals surface area contributed by atoms with Crippen LogP contribution in [0.15, 0.2) is 83.9 Å². The monoisotopic (exact) mass is 1150 g/mol. The number of unbranched alkanes of at least 4 members (excludes halogenated alkanes) is 1. The number of amides is 2. The number of likely N-dealkylation sites (tertiary alicyclic amines) is 1. The van der Waals surface area contributed by atoms with Crippen LogP contribution >= 0.6 is 34.9 Å². The summed E-state index contributed by atoms with van der Waals surface area (Å²) in [6, 6.07) is 27.9. The molecule has 438 valence electrons. The van der Waals surface area contributed by atoms with Gasteiger partial charge in [-0.15, -0.1) is 11.3 Å². The average Bonchev–Trinajstić information content (AvgIpc) is 4.03. The third-order valence-electron chi connectivity index (χ3n) is 12.4. The molecule has 0 spiro atoms. The van der Waals surface area contributed by atoms with E-state index >= 15 is 0 Å². The van der Waals surface area contributed by atoms with Crippen molar-refractivity contribution in [3.8, 4) is 11.5 Å². The molecule has 79 heavy (non-hydrogen) atoms. The molecular weight excluding hydrogens is 1060 g/mol. The van der Waals surface area contributed by atoms with Crippen molar-refractivity contribution in [2.45, 2.75) is 144 Å². The van der Waals surface area contributed by atoms with Gasteiger partial charge in [0.25, 0.3) is 12.4 Å². The number of carbonyl (C=O) groups excluding carboxylic acids is 4. The number of hydrogen-bond donors (Lipinski definition) is 5. The lowest BCUT2D eigenvalue weighted by Gasteiger charge is -2.45. The van der Waals surface area contributed by atoms with Crippen LogP contribution in [0.25, 0.3) is 10.8 Å². The number of benzene rings is 4. The Bertz CT molecular complexity index is 2520. The van der Waals surface area contributed by atoms with Crippen LogP contribution in [-0.4, -0.2) is 122 Å². The van der Waals surface area contributed by atoms with Gasteiger partial charge in [0.1, 0.15) is 37.0 Å². The summed E-state index contributed by atoms with van der Waals surface area (Å²) in [6.45, 7) is 29.7. The fraction of sp³-hybridized carbons (Fsp3) is 0.475. The molecule has 15 nitrogen and oxygen atoms in total. The van der Waals surface area contributed by atoms with Crippen molar-refractivity contribution in [1.29, 1.82) is 0 Å². The molecule has 0 radical (unpaired) electrons. The maximum Gasteiger partial charge on any atom is 0.290 e. The van der Waals surface area contributed by atoms with Gasteiger partial charge in [-0.1, -0.05) is 114 Å². The highest BCUT2D eigenvalue weighted by Crippen LogP contribution is 2.43. The van der Waals surface area contributed by atoms with Crippen LogP contribution in [0.1, 0.15) is 144 Å². The molecule has 2 saturated heterocycles. The lowest BCUT2D eigenvalue weighted by atomic mass is 9.85. The number of carbonyl (C=O) groups is 5. The summed E-state index contributed by atoms with van der Waals surface area (Å²) in [4.78, 5) is 59.6. The van der Waals surface area contributed by atoms with Gasteiger partial charge in [0.05, 0.1) is 10.7 Å². The van der Waals surface area contributed by atoms with Gasteiger partial charge >= 0.3 is 0 Å². The summed E-state index contributed by atoms with van der Waals surface area (Å²) < 4.78 is 8.96. The number of para-hydroxylation sites is 1. The number of nitrogens with zero attached hydrogens (tertiary/aromatic N) is 4. The number of anilines is 2. The highest BCUT2D eigenvalue weighted by atomic mass is 35.5. The topological polar surface area (TPSA) is 201 Å². The number of aliphatic hydroxyl groups excluding tert-OH is 1. The van der Waals surface area contributed by atoms with E-state index in [0.29, 0.717) is 43.0 Å². The van der Waals surface area contributed by atoms with Gasteiger partial charge in [0.2, 0.25) is 5.91 Å². The number of halogens is 1. The van der Waals surface area contributed by atoms with Gasteiger partial charge < -0.3 is 45.2 Å². The SMILES string of the molecule is C=Nc1ccc(CSN2CCC(Nc3ccccc3)CC2(C)C)cc1OCN1CCC(c2ccc3c4c(cccc24)C(=O)N3C)CC1.C=O.CC.CC.CCC.CNC(=O)CCCC=O.CO.Cc1sc(C)c(Cl)c1O.O=CO. The van der Waals surface area contributed by atoms with Crippen molar-refractivity contribution in [3.63, 3.8) is 0 Å². The first-order valence-electron chi connectivity index (χ1n) is 27.0. The summed E-state index contributed by atoms with van der Waals surface area (Å²) in [5, 5.41) is 32.0. The predicted octanol–water partition coefficient (Wildman–Crippen LogP) is 13.9. The van der Waals surface area contributed by atoms with Crippen molar-refractivity contribution < 1.29 is 44.0 Å². The zero-order chi connectivity index (χ0) is 60.1. The molecule has 3 aliphatic heterocycles. The molecule has 2 amide bonds. The lowest BCUT2D eigenvalue weighted by Crippen LogP contribution is -2.49. The number of aromatic hydroxyl groups is 1. The van der Waals surface area contributed by atoms with Crippen molar-refractivity contribution in [3.05, 3.63) is 110 Å². The normalized spacial score (nSPS) is 14.7. The maximum atomic E-state index is 12.8. The van der Waals surface area contributed by atoms with E-state index in [1.54, 1.807) is 11.9 Å². The Kier molecular flexibility index (Phi) is 38.2.